The van der Waals surface area contributed by atoms with Crippen LogP contribution in [0.4, 0.5) is 0 Å². The van der Waals surface area contributed by atoms with Crippen molar-refractivity contribution in [3.8, 4) is 5.75 Å². The zero-order chi connectivity index (χ0) is 18.5. The van der Waals surface area contributed by atoms with E-state index in [9.17, 15) is 9.59 Å². The number of nitrogens with zero attached hydrogens (tertiary/aromatic N) is 1. The normalized spacial score (nSPS) is 16.6. The predicted octanol–water partition coefficient (Wildman–Crippen LogP) is 2.81. The molecule has 0 saturated carbocycles. The molecule has 0 spiro atoms. The van der Waals surface area contributed by atoms with Crippen LogP contribution in [0.3, 0.4) is 0 Å². The molecule has 1 saturated heterocycles. The Hall–Kier alpha value is -2.53. The summed E-state index contributed by atoms with van der Waals surface area (Å²) in [5.74, 6) is 0.588. The number of amides is 2. The zero-order valence-electron chi connectivity index (χ0n) is 14.6. The van der Waals surface area contributed by atoms with Crippen LogP contribution in [-0.4, -0.2) is 36.4 Å². The van der Waals surface area contributed by atoms with Gasteiger partial charge in [0.2, 0.25) is 11.8 Å². The lowest BCUT2D eigenvalue weighted by atomic mass is 10.1. The summed E-state index contributed by atoms with van der Waals surface area (Å²) in [5, 5.41) is 3.59. The molecule has 1 atom stereocenters. The van der Waals surface area contributed by atoms with E-state index in [1.54, 1.807) is 12.0 Å². The number of benzene rings is 2. The van der Waals surface area contributed by atoms with E-state index in [1.807, 2.05) is 48.5 Å². The summed E-state index contributed by atoms with van der Waals surface area (Å²) in [5.41, 5.74) is 1.73. The maximum absolute atomic E-state index is 12.3. The number of nitrogens with one attached hydrogen (secondary N) is 1. The maximum atomic E-state index is 12.3. The Balaban J connectivity index is 1.57. The Morgan fingerprint density at radius 1 is 1.19 bits per heavy atom. The SMILES string of the molecule is COc1ccccc1CC(=O)NC1CC(=O)N(Cc2ccccc2Cl)C1. The molecule has 1 heterocycles. The number of likely N-dealkylation sites (tertiary alicyclic amines) is 1. The second-order valence-corrected chi connectivity index (χ2v) is 6.73. The van der Waals surface area contributed by atoms with E-state index >= 15 is 0 Å². The van der Waals surface area contributed by atoms with Crippen molar-refractivity contribution in [1.82, 2.24) is 10.2 Å². The van der Waals surface area contributed by atoms with Crippen molar-refractivity contribution >= 4 is 23.4 Å². The summed E-state index contributed by atoms with van der Waals surface area (Å²) in [7, 11) is 1.58. The average molecular weight is 373 g/mol. The third-order valence-electron chi connectivity index (χ3n) is 4.44. The molecule has 2 aromatic rings. The molecule has 0 aliphatic carbocycles. The number of hydrogen-bond donors (Lipinski definition) is 1. The van der Waals surface area contributed by atoms with Gasteiger partial charge in [-0.25, -0.2) is 0 Å². The molecule has 1 fully saturated rings. The molecule has 26 heavy (non-hydrogen) atoms. The van der Waals surface area contributed by atoms with Crippen LogP contribution in [0.1, 0.15) is 17.5 Å². The standard InChI is InChI=1S/C20H21ClN2O3/c1-26-18-9-5-3-6-14(18)10-19(24)22-16-11-20(25)23(13-16)12-15-7-2-4-8-17(15)21/h2-9,16H,10-13H2,1H3,(H,22,24). The van der Waals surface area contributed by atoms with E-state index in [0.717, 1.165) is 11.1 Å². The highest BCUT2D eigenvalue weighted by Gasteiger charge is 2.30. The number of hydrogen-bond acceptors (Lipinski definition) is 3. The Labute approximate surface area is 157 Å². The average Bonchev–Trinajstić information content (AvgIpc) is 2.96. The monoisotopic (exact) mass is 372 g/mol. The number of ether oxygens (including phenoxy) is 1. The van der Waals surface area contributed by atoms with Gasteiger partial charge in [0.25, 0.3) is 0 Å². The zero-order valence-corrected chi connectivity index (χ0v) is 15.3. The maximum Gasteiger partial charge on any atom is 0.225 e. The van der Waals surface area contributed by atoms with Gasteiger partial charge in [-0.2, -0.15) is 0 Å². The second kappa shape index (κ2) is 8.23. The van der Waals surface area contributed by atoms with Gasteiger partial charge in [-0.1, -0.05) is 48.0 Å². The fourth-order valence-corrected chi connectivity index (χ4v) is 3.35. The van der Waals surface area contributed by atoms with E-state index in [4.69, 9.17) is 16.3 Å². The Morgan fingerprint density at radius 2 is 1.88 bits per heavy atom. The smallest absolute Gasteiger partial charge is 0.225 e. The molecule has 1 aliphatic rings. The minimum Gasteiger partial charge on any atom is -0.496 e. The molecule has 0 aromatic heterocycles. The van der Waals surface area contributed by atoms with Crippen LogP contribution in [0.25, 0.3) is 0 Å². The summed E-state index contributed by atoms with van der Waals surface area (Å²) in [6.45, 7) is 0.944. The summed E-state index contributed by atoms with van der Waals surface area (Å²) < 4.78 is 5.27. The summed E-state index contributed by atoms with van der Waals surface area (Å²) in [4.78, 5) is 26.3. The number of carbonyl (C=O) groups excluding carboxylic acids is 2. The van der Waals surface area contributed by atoms with E-state index < -0.39 is 0 Å². The first kappa shape index (κ1) is 18.3. The highest BCUT2D eigenvalue weighted by Crippen LogP contribution is 2.21. The first-order valence-corrected chi connectivity index (χ1v) is 8.87. The number of rotatable bonds is 6. The summed E-state index contributed by atoms with van der Waals surface area (Å²) >= 11 is 6.17. The molecule has 0 bridgehead atoms. The van der Waals surface area contributed by atoms with Gasteiger partial charge in [0.05, 0.1) is 19.6 Å². The van der Waals surface area contributed by atoms with Gasteiger partial charge < -0.3 is 15.0 Å². The number of halogens is 1. The van der Waals surface area contributed by atoms with E-state index in [0.29, 0.717) is 30.3 Å². The Morgan fingerprint density at radius 3 is 2.62 bits per heavy atom. The van der Waals surface area contributed by atoms with Crippen LogP contribution >= 0.6 is 11.6 Å². The molecule has 2 amide bonds. The lowest BCUT2D eigenvalue weighted by molar-refractivity contribution is -0.128. The van der Waals surface area contributed by atoms with Crippen LogP contribution in [0.5, 0.6) is 5.75 Å². The van der Waals surface area contributed by atoms with Crippen LogP contribution in [-0.2, 0) is 22.6 Å². The molecular formula is C20H21ClN2O3. The summed E-state index contributed by atoms with van der Waals surface area (Å²) in [6.07, 6.45) is 0.529. The van der Waals surface area contributed by atoms with Gasteiger partial charge in [-0.15, -0.1) is 0 Å². The van der Waals surface area contributed by atoms with Gasteiger partial charge in [-0.3, -0.25) is 9.59 Å². The van der Waals surface area contributed by atoms with Gasteiger partial charge in [-0.05, 0) is 17.7 Å². The van der Waals surface area contributed by atoms with Crippen molar-refractivity contribution in [3.05, 3.63) is 64.7 Å². The topological polar surface area (TPSA) is 58.6 Å². The third kappa shape index (κ3) is 4.35. The highest BCUT2D eigenvalue weighted by atomic mass is 35.5. The second-order valence-electron chi connectivity index (χ2n) is 6.32. The van der Waals surface area contributed by atoms with Crippen molar-refractivity contribution < 1.29 is 14.3 Å². The lowest BCUT2D eigenvalue weighted by Crippen LogP contribution is -2.37. The summed E-state index contributed by atoms with van der Waals surface area (Å²) in [6, 6.07) is 14.7. The van der Waals surface area contributed by atoms with Crippen molar-refractivity contribution in [2.24, 2.45) is 0 Å². The Kier molecular flexibility index (Phi) is 5.78. The quantitative estimate of drug-likeness (QED) is 0.848. The molecule has 1 N–H and O–H groups in total. The van der Waals surface area contributed by atoms with Gasteiger partial charge in [0.1, 0.15) is 5.75 Å². The highest BCUT2D eigenvalue weighted by molar-refractivity contribution is 6.31. The largest absolute Gasteiger partial charge is 0.496 e. The number of methoxy groups -OCH3 is 1. The van der Waals surface area contributed by atoms with Crippen LogP contribution < -0.4 is 10.1 Å². The number of carbonyl (C=O) groups is 2. The molecule has 136 valence electrons. The van der Waals surface area contributed by atoms with Crippen LogP contribution in [0.2, 0.25) is 5.02 Å². The molecule has 0 radical (unpaired) electrons. The van der Waals surface area contributed by atoms with Gasteiger partial charge >= 0.3 is 0 Å². The third-order valence-corrected chi connectivity index (χ3v) is 4.81. The van der Waals surface area contributed by atoms with Gasteiger partial charge in [0, 0.05) is 30.1 Å². The number of para-hydroxylation sites is 1. The van der Waals surface area contributed by atoms with Crippen LogP contribution in [0.15, 0.2) is 48.5 Å². The van der Waals surface area contributed by atoms with E-state index in [1.165, 1.54) is 0 Å². The van der Waals surface area contributed by atoms with Crippen molar-refractivity contribution in [1.29, 1.82) is 0 Å². The molecule has 5 nitrogen and oxygen atoms in total. The van der Waals surface area contributed by atoms with Crippen LogP contribution in [0, 0.1) is 0 Å². The van der Waals surface area contributed by atoms with Crippen molar-refractivity contribution in [2.75, 3.05) is 13.7 Å². The lowest BCUT2D eigenvalue weighted by Gasteiger charge is -2.18. The fourth-order valence-electron chi connectivity index (χ4n) is 3.15. The first-order chi connectivity index (χ1) is 12.6. The Bertz CT molecular complexity index is 809. The molecule has 6 heteroatoms. The van der Waals surface area contributed by atoms with E-state index in [2.05, 4.69) is 5.32 Å². The molecule has 2 aromatic carbocycles. The molecule has 3 rings (SSSR count). The minimum atomic E-state index is -0.188. The fraction of sp³-hybridized carbons (Fsp3) is 0.300. The first-order valence-electron chi connectivity index (χ1n) is 8.49. The van der Waals surface area contributed by atoms with Crippen molar-refractivity contribution in [2.45, 2.75) is 25.4 Å². The van der Waals surface area contributed by atoms with Gasteiger partial charge in [0.15, 0.2) is 0 Å². The molecular weight excluding hydrogens is 352 g/mol. The predicted molar refractivity (Wildman–Crippen MR) is 100 cm³/mol. The van der Waals surface area contributed by atoms with E-state index in [-0.39, 0.29) is 24.3 Å². The minimum absolute atomic E-state index is 0.0208. The molecule has 1 aliphatic heterocycles. The van der Waals surface area contributed by atoms with Crippen molar-refractivity contribution in [3.63, 3.8) is 0 Å². The molecule has 1 unspecified atom stereocenters.